The average Bonchev–Trinajstić information content (AvgIpc) is 3.62. The van der Waals surface area contributed by atoms with E-state index in [9.17, 15) is 9.90 Å². The van der Waals surface area contributed by atoms with E-state index in [2.05, 4.69) is 29.4 Å². The van der Waals surface area contributed by atoms with Crippen LogP contribution in [-0.2, 0) is 11.8 Å². The number of hydrogen-bond donors (Lipinski definition) is 2. The molecule has 0 aliphatic heterocycles. The molecule has 1 heterocycles. The molecule has 0 saturated heterocycles. The van der Waals surface area contributed by atoms with Crippen LogP contribution in [-0.4, -0.2) is 21.6 Å². The fraction of sp³-hybridized carbons (Fsp3) is 0.586. The van der Waals surface area contributed by atoms with Crippen LogP contribution in [0.25, 0.3) is 0 Å². The Morgan fingerprint density at radius 3 is 2.82 bits per heavy atom. The highest BCUT2D eigenvalue weighted by molar-refractivity contribution is 6.04. The van der Waals surface area contributed by atoms with Gasteiger partial charge in [0.05, 0.1) is 17.0 Å². The Hall–Kier alpha value is -2.20. The van der Waals surface area contributed by atoms with Gasteiger partial charge in [0.1, 0.15) is 0 Å². The van der Waals surface area contributed by atoms with E-state index in [4.69, 9.17) is 0 Å². The van der Waals surface area contributed by atoms with E-state index in [0.29, 0.717) is 5.92 Å². The van der Waals surface area contributed by atoms with E-state index in [1.165, 1.54) is 36.8 Å². The molecule has 2 fully saturated rings. The number of anilines is 1. The molecule has 5 rings (SSSR count). The van der Waals surface area contributed by atoms with E-state index < -0.39 is 5.60 Å². The molecule has 0 unspecified atom stereocenters. The van der Waals surface area contributed by atoms with Gasteiger partial charge < -0.3 is 10.4 Å². The van der Waals surface area contributed by atoms with Crippen LogP contribution in [0.1, 0.15) is 98.3 Å². The van der Waals surface area contributed by atoms with Gasteiger partial charge in [-0.2, -0.15) is 0 Å². The van der Waals surface area contributed by atoms with Crippen molar-refractivity contribution in [1.29, 1.82) is 0 Å². The summed E-state index contributed by atoms with van der Waals surface area (Å²) >= 11 is 0. The number of aryl methyl sites for hydroxylation is 2. The number of fused-ring (bicyclic) bond motifs is 3. The average molecular weight is 447 g/mol. The standard InChI is InChI=1S/C29H38N2O2/c1-3-13-28(33)14-15-29(18-21-9-10-21)24(19-28)7-4-6-22-17-23(11-12-25(22)29)27(32)31-26-8-5-16-30-20(26)2/h5,8,11-12,16-17,21,24,33H,3-4,6-7,9-10,13-15,18-19H2,1-2H3,(H,31,32)/t24-,28-,29+/m1/s1. The SMILES string of the molecule is CCC[C@@]1(O)CC[C@@]2(CC3CC3)c3ccc(C(=O)Nc4cccnc4C)cc3CCC[C@@H]2C1. The molecule has 33 heavy (non-hydrogen) atoms. The Labute approximate surface area is 198 Å². The van der Waals surface area contributed by atoms with Gasteiger partial charge >= 0.3 is 0 Å². The minimum Gasteiger partial charge on any atom is -0.390 e. The summed E-state index contributed by atoms with van der Waals surface area (Å²) in [4.78, 5) is 17.4. The Morgan fingerprint density at radius 2 is 2.06 bits per heavy atom. The Bertz CT molecular complexity index is 1030. The number of pyridine rings is 1. The van der Waals surface area contributed by atoms with Crippen LogP contribution in [0.5, 0.6) is 0 Å². The van der Waals surface area contributed by atoms with Crippen LogP contribution in [0.2, 0.25) is 0 Å². The Balaban J connectivity index is 1.46. The van der Waals surface area contributed by atoms with Crippen LogP contribution in [0.3, 0.4) is 0 Å². The first-order chi connectivity index (χ1) is 15.9. The summed E-state index contributed by atoms with van der Waals surface area (Å²) < 4.78 is 0. The molecule has 1 amide bonds. The molecule has 0 bridgehead atoms. The molecular formula is C29H38N2O2. The first kappa shape index (κ1) is 22.6. The molecule has 4 nitrogen and oxygen atoms in total. The van der Waals surface area contributed by atoms with Gasteiger partial charge in [-0.1, -0.05) is 32.3 Å². The van der Waals surface area contributed by atoms with Crippen molar-refractivity contribution in [3.63, 3.8) is 0 Å². The second kappa shape index (κ2) is 8.87. The van der Waals surface area contributed by atoms with E-state index >= 15 is 0 Å². The summed E-state index contributed by atoms with van der Waals surface area (Å²) in [7, 11) is 0. The molecular weight excluding hydrogens is 408 g/mol. The third-order valence-corrected chi connectivity index (χ3v) is 8.67. The topological polar surface area (TPSA) is 62.2 Å². The van der Waals surface area contributed by atoms with E-state index in [1.807, 2.05) is 25.1 Å². The maximum atomic E-state index is 13.1. The number of carbonyl (C=O) groups excluding carboxylic acids is 1. The molecule has 1 aromatic carbocycles. The molecule has 1 aromatic heterocycles. The first-order valence-electron chi connectivity index (χ1n) is 13.0. The minimum atomic E-state index is -0.488. The number of aromatic nitrogens is 1. The van der Waals surface area contributed by atoms with Crippen LogP contribution in [0.15, 0.2) is 36.5 Å². The lowest BCUT2D eigenvalue weighted by molar-refractivity contribution is -0.0562. The van der Waals surface area contributed by atoms with Gasteiger partial charge in [-0.3, -0.25) is 9.78 Å². The largest absolute Gasteiger partial charge is 0.390 e. The van der Waals surface area contributed by atoms with Crippen molar-refractivity contribution in [1.82, 2.24) is 4.98 Å². The molecule has 176 valence electrons. The smallest absolute Gasteiger partial charge is 0.255 e. The number of hydrogen-bond acceptors (Lipinski definition) is 3. The summed E-state index contributed by atoms with van der Waals surface area (Å²) in [5.74, 6) is 1.32. The first-order valence-corrected chi connectivity index (χ1v) is 13.0. The molecule has 2 aromatic rings. The lowest BCUT2D eigenvalue weighted by Crippen LogP contribution is -2.48. The monoisotopic (exact) mass is 446 g/mol. The van der Waals surface area contributed by atoms with Crippen molar-refractivity contribution in [2.75, 3.05) is 5.32 Å². The van der Waals surface area contributed by atoms with Crippen LogP contribution >= 0.6 is 0 Å². The van der Waals surface area contributed by atoms with Crippen molar-refractivity contribution in [2.24, 2.45) is 11.8 Å². The Kier molecular flexibility index (Phi) is 6.07. The maximum absolute atomic E-state index is 13.1. The predicted octanol–water partition coefficient (Wildman–Crippen LogP) is 6.35. The molecule has 4 heteroatoms. The number of nitrogens with zero attached hydrogens (tertiary/aromatic N) is 1. The third kappa shape index (κ3) is 4.47. The van der Waals surface area contributed by atoms with Gasteiger partial charge in [0, 0.05) is 11.8 Å². The normalized spacial score (nSPS) is 29.0. The Morgan fingerprint density at radius 1 is 1.21 bits per heavy atom. The second-order valence-electron chi connectivity index (χ2n) is 11.0. The zero-order chi connectivity index (χ0) is 23.1. The predicted molar refractivity (Wildman–Crippen MR) is 133 cm³/mol. The molecule has 2 saturated carbocycles. The number of nitrogens with one attached hydrogen (secondary N) is 1. The lowest BCUT2D eigenvalue weighted by Gasteiger charge is -2.51. The van der Waals surface area contributed by atoms with Crippen molar-refractivity contribution >= 4 is 11.6 Å². The summed E-state index contributed by atoms with van der Waals surface area (Å²) in [6.45, 7) is 4.10. The highest BCUT2D eigenvalue weighted by Crippen LogP contribution is 2.57. The van der Waals surface area contributed by atoms with E-state index in [1.54, 1.807) is 6.20 Å². The zero-order valence-electron chi connectivity index (χ0n) is 20.2. The summed E-state index contributed by atoms with van der Waals surface area (Å²) in [6.07, 6.45) is 14.0. The molecule has 0 spiro atoms. The van der Waals surface area contributed by atoms with Gasteiger partial charge in [0.15, 0.2) is 0 Å². The highest BCUT2D eigenvalue weighted by atomic mass is 16.3. The van der Waals surface area contributed by atoms with Gasteiger partial charge in [0.25, 0.3) is 5.91 Å². The fourth-order valence-electron chi connectivity index (χ4n) is 6.83. The third-order valence-electron chi connectivity index (χ3n) is 8.67. The highest BCUT2D eigenvalue weighted by Gasteiger charge is 2.52. The van der Waals surface area contributed by atoms with Gasteiger partial charge in [-0.05, 0) is 111 Å². The molecule has 0 radical (unpaired) electrons. The van der Waals surface area contributed by atoms with Crippen molar-refractivity contribution in [3.05, 3.63) is 58.9 Å². The number of benzene rings is 1. The minimum absolute atomic E-state index is 0.0631. The molecule has 3 aliphatic rings. The van der Waals surface area contributed by atoms with Crippen LogP contribution < -0.4 is 5.32 Å². The van der Waals surface area contributed by atoms with Gasteiger partial charge in [0.2, 0.25) is 0 Å². The van der Waals surface area contributed by atoms with Crippen molar-refractivity contribution < 1.29 is 9.90 Å². The lowest BCUT2D eigenvalue weighted by atomic mass is 9.55. The van der Waals surface area contributed by atoms with Crippen LogP contribution in [0, 0.1) is 18.8 Å². The molecule has 3 atom stereocenters. The van der Waals surface area contributed by atoms with Gasteiger partial charge in [-0.25, -0.2) is 0 Å². The maximum Gasteiger partial charge on any atom is 0.255 e. The van der Waals surface area contributed by atoms with Crippen molar-refractivity contribution in [3.8, 4) is 0 Å². The summed E-state index contributed by atoms with van der Waals surface area (Å²) in [6, 6.07) is 10.2. The van der Waals surface area contributed by atoms with Gasteiger partial charge in [-0.15, -0.1) is 0 Å². The molecule has 2 N–H and O–H groups in total. The quantitative estimate of drug-likeness (QED) is 0.544. The number of amides is 1. The second-order valence-corrected chi connectivity index (χ2v) is 11.0. The van der Waals surface area contributed by atoms with E-state index in [0.717, 1.165) is 67.8 Å². The number of aliphatic hydroxyl groups is 1. The zero-order valence-corrected chi connectivity index (χ0v) is 20.2. The molecule has 3 aliphatic carbocycles. The fourth-order valence-corrected chi connectivity index (χ4v) is 6.83. The number of carbonyl (C=O) groups is 1. The van der Waals surface area contributed by atoms with E-state index in [-0.39, 0.29) is 11.3 Å². The van der Waals surface area contributed by atoms with Crippen molar-refractivity contribution in [2.45, 2.75) is 95.5 Å². The summed E-state index contributed by atoms with van der Waals surface area (Å²) in [5, 5.41) is 14.4. The number of rotatable bonds is 6. The summed E-state index contributed by atoms with van der Waals surface area (Å²) in [5.41, 5.74) is 4.84. The van der Waals surface area contributed by atoms with Crippen LogP contribution in [0.4, 0.5) is 5.69 Å².